The van der Waals surface area contributed by atoms with Gasteiger partial charge in [0.05, 0.1) is 5.88 Å². The molecule has 0 aliphatic carbocycles. The van der Waals surface area contributed by atoms with Crippen LogP contribution in [0.4, 0.5) is 0 Å². The molecule has 0 bridgehead atoms. The Balaban J connectivity index is 4.16. The molecule has 0 aliphatic heterocycles. The molecule has 0 unspecified atom stereocenters. The van der Waals surface area contributed by atoms with Crippen LogP contribution in [0.1, 0.15) is 0 Å². The summed E-state index contributed by atoms with van der Waals surface area (Å²) in [5.41, 5.74) is 3.02. The Bertz CT molecular complexity index is 280. The number of rotatable bonds is 1. The van der Waals surface area contributed by atoms with E-state index >= 15 is 0 Å². The average Bonchev–Trinajstić information content (AvgIpc) is 1.96. The van der Waals surface area contributed by atoms with Crippen molar-refractivity contribution in [2.24, 2.45) is 0 Å². The lowest BCUT2D eigenvalue weighted by Gasteiger charge is -2.01. The first kappa shape index (κ1) is 11.3. The minimum atomic E-state index is -1.35. The highest BCUT2D eigenvalue weighted by molar-refractivity contribution is 6.83. The fourth-order valence-electron chi connectivity index (χ4n) is 0.353. The van der Waals surface area contributed by atoms with Gasteiger partial charge in [-0.05, 0) is 17.8 Å². The van der Waals surface area contributed by atoms with Crippen LogP contribution in [0.2, 0.25) is 19.6 Å². The Morgan fingerprint density at radius 2 is 1.92 bits per heavy atom. The summed E-state index contributed by atoms with van der Waals surface area (Å²) in [6, 6.07) is 0. The smallest absolute Gasteiger partial charge is 0.221 e. The molecule has 12 heavy (non-hydrogen) atoms. The Labute approximate surface area is 79.5 Å². The van der Waals surface area contributed by atoms with E-state index in [1.54, 1.807) is 0 Å². The van der Waals surface area contributed by atoms with Crippen LogP contribution in [0.3, 0.4) is 0 Å². The molecule has 0 atom stereocenters. The number of alkyl halides is 1. The summed E-state index contributed by atoms with van der Waals surface area (Å²) >= 11 is 5.23. The molecule has 3 heteroatoms. The van der Waals surface area contributed by atoms with Gasteiger partial charge in [0.2, 0.25) is 5.78 Å². The first-order chi connectivity index (χ1) is 5.45. The molecule has 0 spiro atoms. The molecular formula is C9H11ClOSi. The van der Waals surface area contributed by atoms with Gasteiger partial charge in [0.25, 0.3) is 0 Å². The Hall–Kier alpha value is -0.703. The molecule has 0 aromatic carbocycles. The van der Waals surface area contributed by atoms with E-state index in [4.69, 9.17) is 11.6 Å². The van der Waals surface area contributed by atoms with Gasteiger partial charge >= 0.3 is 0 Å². The first-order valence-corrected chi connectivity index (χ1v) is 7.61. The number of hydrogen-bond acceptors (Lipinski definition) is 1. The molecule has 0 heterocycles. The highest BCUT2D eigenvalue weighted by Crippen LogP contribution is 1.95. The largest absolute Gasteiger partial charge is 0.283 e. The van der Waals surface area contributed by atoms with Gasteiger partial charge in [-0.25, -0.2) is 0 Å². The second-order valence-electron chi connectivity index (χ2n) is 3.31. The zero-order valence-electron chi connectivity index (χ0n) is 7.49. The van der Waals surface area contributed by atoms with Crippen molar-refractivity contribution in [2.75, 3.05) is 5.88 Å². The average molecular weight is 199 g/mol. The monoisotopic (exact) mass is 198 g/mol. The van der Waals surface area contributed by atoms with Crippen molar-refractivity contribution in [3.8, 4) is 23.3 Å². The zero-order chi connectivity index (χ0) is 9.61. The normalized spacial score (nSPS) is 9.00. The molecule has 0 N–H and O–H groups in total. The molecule has 1 nitrogen and oxygen atoms in total. The number of halogens is 1. The standard InChI is InChI=1S/C9H11ClOSi/c1-12(2,3)7-5-4-6-9(11)8-10/h8H2,1-3H3. The first-order valence-electron chi connectivity index (χ1n) is 3.57. The lowest BCUT2D eigenvalue weighted by atomic mass is 10.4. The maximum Gasteiger partial charge on any atom is 0.221 e. The molecule has 0 radical (unpaired) electrons. The van der Waals surface area contributed by atoms with Crippen molar-refractivity contribution in [2.45, 2.75) is 19.6 Å². The minimum absolute atomic E-state index is 0.0539. The van der Waals surface area contributed by atoms with Crippen LogP contribution >= 0.6 is 11.6 Å². The number of Topliss-reactive ketones (excluding diaryl/α,β-unsaturated/α-hetero) is 1. The van der Waals surface area contributed by atoms with Crippen molar-refractivity contribution >= 4 is 25.5 Å². The summed E-state index contributed by atoms with van der Waals surface area (Å²) in [5, 5.41) is 0. The van der Waals surface area contributed by atoms with Crippen molar-refractivity contribution < 1.29 is 4.79 Å². The van der Waals surface area contributed by atoms with Crippen LogP contribution in [-0.4, -0.2) is 19.7 Å². The van der Waals surface area contributed by atoms with Gasteiger partial charge in [-0.3, -0.25) is 4.79 Å². The van der Waals surface area contributed by atoms with E-state index in [1.165, 1.54) is 0 Å². The third-order valence-electron chi connectivity index (χ3n) is 0.823. The Morgan fingerprint density at radius 1 is 1.33 bits per heavy atom. The molecule has 0 saturated heterocycles. The number of ketones is 1. The molecule has 0 amide bonds. The highest BCUT2D eigenvalue weighted by atomic mass is 35.5. The van der Waals surface area contributed by atoms with E-state index in [0.717, 1.165) is 0 Å². The van der Waals surface area contributed by atoms with E-state index in [1.807, 2.05) is 0 Å². The van der Waals surface area contributed by atoms with E-state index in [-0.39, 0.29) is 11.7 Å². The molecule has 0 rings (SSSR count). The summed E-state index contributed by atoms with van der Waals surface area (Å²) in [6.07, 6.45) is 0. The second kappa shape index (κ2) is 5.03. The van der Waals surface area contributed by atoms with Crippen LogP contribution < -0.4 is 0 Å². The van der Waals surface area contributed by atoms with Gasteiger partial charge in [-0.2, -0.15) is 0 Å². The molecule has 0 aliphatic rings. The molecule has 0 aromatic rings. The lowest BCUT2D eigenvalue weighted by molar-refractivity contribution is -0.111. The van der Waals surface area contributed by atoms with E-state index < -0.39 is 8.07 Å². The maximum atomic E-state index is 10.6. The van der Waals surface area contributed by atoms with Gasteiger partial charge in [-0.1, -0.05) is 19.6 Å². The van der Waals surface area contributed by atoms with Crippen molar-refractivity contribution in [3.63, 3.8) is 0 Å². The van der Waals surface area contributed by atoms with Gasteiger partial charge in [0.15, 0.2) is 0 Å². The molecule has 64 valence electrons. The number of hydrogen-bond donors (Lipinski definition) is 0. The Morgan fingerprint density at radius 3 is 2.33 bits per heavy atom. The van der Waals surface area contributed by atoms with Crippen LogP contribution in [0.5, 0.6) is 0 Å². The molecule has 0 aromatic heterocycles. The van der Waals surface area contributed by atoms with Crippen LogP contribution in [-0.2, 0) is 4.79 Å². The van der Waals surface area contributed by atoms with E-state index in [2.05, 4.69) is 42.9 Å². The quantitative estimate of drug-likeness (QED) is 0.271. The zero-order valence-corrected chi connectivity index (χ0v) is 9.25. The van der Waals surface area contributed by atoms with Gasteiger partial charge in [0.1, 0.15) is 8.07 Å². The third kappa shape index (κ3) is 7.40. The lowest BCUT2D eigenvalue weighted by Crippen LogP contribution is -2.16. The highest BCUT2D eigenvalue weighted by Gasteiger charge is 2.06. The summed E-state index contributed by atoms with van der Waals surface area (Å²) in [4.78, 5) is 10.6. The van der Waals surface area contributed by atoms with Crippen LogP contribution in [0, 0.1) is 23.3 Å². The predicted octanol–water partition coefficient (Wildman–Crippen LogP) is 1.68. The second-order valence-corrected chi connectivity index (χ2v) is 8.32. The maximum absolute atomic E-state index is 10.6. The SMILES string of the molecule is C[Si](C)(C)C#CC#CC(=O)CCl. The van der Waals surface area contributed by atoms with Crippen molar-refractivity contribution in [1.29, 1.82) is 0 Å². The van der Waals surface area contributed by atoms with Gasteiger partial charge in [-0.15, -0.1) is 17.1 Å². The predicted molar refractivity (Wildman–Crippen MR) is 54.6 cm³/mol. The van der Waals surface area contributed by atoms with E-state index in [9.17, 15) is 4.79 Å². The fraction of sp³-hybridized carbons (Fsp3) is 0.444. The third-order valence-corrected chi connectivity index (χ3v) is 1.94. The summed E-state index contributed by atoms with van der Waals surface area (Å²) in [6.45, 7) is 6.35. The minimum Gasteiger partial charge on any atom is -0.283 e. The molecule has 0 saturated carbocycles. The van der Waals surface area contributed by atoms with Crippen molar-refractivity contribution in [1.82, 2.24) is 0 Å². The van der Waals surface area contributed by atoms with Crippen LogP contribution in [0.25, 0.3) is 0 Å². The topological polar surface area (TPSA) is 17.1 Å². The van der Waals surface area contributed by atoms with Gasteiger partial charge < -0.3 is 0 Å². The number of carbonyl (C=O) groups excluding carboxylic acids is 1. The number of carbonyl (C=O) groups is 1. The molecule has 0 fully saturated rings. The molecular weight excluding hydrogens is 188 g/mol. The fourth-order valence-corrected chi connectivity index (χ4v) is 0.857. The summed E-state index contributed by atoms with van der Waals surface area (Å²) in [5.74, 6) is 7.15. The van der Waals surface area contributed by atoms with Crippen LogP contribution in [0.15, 0.2) is 0 Å². The van der Waals surface area contributed by atoms with E-state index in [0.29, 0.717) is 0 Å². The summed E-state index contributed by atoms with van der Waals surface area (Å²) in [7, 11) is -1.35. The summed E-state index contributed by atoms with van der Waals surface area (Å²) < 4.78 is 0. The Kier molecular flexibility index (Phi) is 4.74. The van der Waals surface area contributed by atoms with Crippen molar-refractivity contribution in [3.05, 3.63) is 0 Å². The van der Waals surface area contributed by atoms with Gasteiger partial charge in [0, 0.05) is 0 Å².